The van der Waals surface area contributed by atoms with Crippen LogP contribution in [0.25, 0.3) is 0 Å². The predicted octanol–water partition coefficient (Wildman–Crippen LogP) is 4.72. The summed E-state index contributed by atoms with van der Waals surface area (Å²) >= 11 is 5.84. The second-order valence-corrected chi connectivity index (χ2v) is 8.29. The molecule has 0 aliphatic heterocycles. The molecule has 2 aromatic rings. The minimum absolute atomic E-state index is 0.148. The molecule has 2 aromatic carbocycles. The number of benzene rings is 2. The molecule has 0 amide bonds. The topological polar surface area (TPSA) is 43.4 Å². The van der Waals surface area contributed by atoms with Crippen molar-refractivity contribution in [2.75, 3.05) is 6.26 Å². The molecular weight excluding hydrogens is 339 g/mol. The van der Waals surface area contributed by atoms with E-state index in [1.165, 1.54) is 24.5 Å². The smallest absolute Gasteiger partial charge is 0.175 e. The lowest BCUT2D eigenvalue weighted by atomic mass is 10.0. The fraction of sp³-hybridized carbons (Fsp3) is 0.294. The van der Waals surface area contributed by atoms with E-state index in [1.54, 1.807) is 12.1 Å². The van der Waals surface area contributed by atoms with Gasteiger partial charge < -0.3 is 4.74 Å². The molecule has 1 unspecified atom stereocenters. The highest BCUT2D eigenvalue weighted by molar-refractivity contribution is 7.90. The van der Waals surface area contributed by atoms with Crippen LogP contribution in [0.4, 0.5) is 4.39 Å². The van der Waals surface area contributed by atoms with Crippen molar-refractivity contribution in [1.29, 1.82) is 0 Å². The number of halogens is 2. The van der Waals surface area contributed by atoms with E-state index < -0.39 is 15.7 Å². The van der Waals surface area contributed by atoms with E-state index >= 15 is 0 Å². The molecule has 6 heteroatoms. The largest absolute Gasteiger partial charge is 0.457 e. The molecule has 0 fully saturated rings. The lowest BCUT2D eigenvalue weighted by Crippen LogP contribution is -2.04. The maximum absolute atomic E-state index is 13.4. The van der Waals surface area contributed by atoms with Crippen molar-refractivity contribution >= 4 is 21.4 Å². The highest BCUT2D eigenvalue weighted by Gasteiger charge is 2.29. The lowest BCUT2D eigenvalue weighted by molar-refractivity contribution is 0.471. The molecule has 0 saturated carbocycles. The Balaban J connectivity index is 2.08. The van der Waals surface area contributed by atoms with Crippen LogP contribution >= 0.6 is 11.6 Å². The SMILES string of the molecule is CC1CCc2c(Oc3cc(F)cc(Cl)c3)ccc(S(C)(=O)=O)c21. The molecule has 122 valence electrons. The molecule has 0 heterocycles. The highest BCUT2D eigenvalue weighted by atomic mass is 35.5. The number of rotatable bonds is 3. The van der Waals surface area contributed by atoms with Gasteiger partial charge >= 0.3 is 0 Å². The Morgan fingerprint density at radius 1 is 1.26 bits per heavy atom. The Morgan fingerprint density at radius 2 is 2.00 bits per heavy atom. The van der Waals surface area contributed by atoms with Crippen LogP contribution in [0.2, 0.25) is 5.02 Å². The van der Waals surface area contributed by atoms with Crippen LogP contribution in [-0.2, 0) is 16.3 Å². The third-order valence-corrected chi connectivity index (χ3v) is 5.43. The Hall–Kier alpha value is -1.59. The van der Waals surface area contributed by atoms with Gasteiger partial charge in [0.05, 0.1) is 4.90 Å². The van der Waals surface area contributed by atoms with Crippen LogP contribution in [0.3, 0.4) is 0 Å². The van der Waals surface area contributed by atoms with Gasteiger partial charge in [0.25, 0.3) is 0 Å². The maximum Gasteiger partial charge on any atom is 0.175 e. The number of sulfone groups is 1. The average Bonchev–Trinajstić information content (AvgIpc) is 2.79. The van der Waals surface area contributed by atoms with Gasteiger partial charge in [-0.2, -0.15) is 0 Å². The van der Waals surface area contributed by atoms with Crippen LogP contribution in [0.1, 0.15) is 30.4 Å². The standard InChI is InChI=1S/C17H16ClFO3S/c1-10-3-4-14-15(5-6-16(17(10)14)23(2,20)21)22-13-8-11(18)7-12(19)9-13/h5-10H,3-4H2,1-2H3. The molecule has 1 atom stereocenters. The highest BCUT2D eigenvalue weighted by Crippen LogP contribution is 2.43. The zero-order chi connectivity index (χ0) is 16.8. The minimum atomic E-state index is -3.30. The van der Waals surface area contributed by atoms with E-state index in [0.717, 1.165) is 24.0 Å². The molecule has 23 heavy (non-hydrogen) atoms. The average molecular weight is 355 g/mol. The number of hydrogen-bond acceptors (Lipinski definition) is 3. The maximum atomic E-state index is 13.4. The van der Waals surface area contributed by atoms with Gasteiger partial charge in [0, 0.05) is 17.3 Å². The van der Waals surface area contributed by atoms with Crippen LogP contribution < -0.4 is 4.74 Å². The number of ether oxygens (including phenoxy) is 1. The predicted molar refractivity (Wildman–Crippen MR) is 87.8 cm³/mol. The monoisotopic (exact) mass is 354 g/mol. The van der Waals surface area contributed by atoms with Gasteiger partial charge in [-0.3, -0.25) is 0 Å². The summed E-state index contributed by atoms with van der Waals surface area (Å²) in [6, 6.07) is 7.17. The first kappa shape index (κ1) is 16.3. The van der Waals surface area contributed by atoms with E-state index in [4.69, 9.17) is 16.3 Å². The van der Waals surface area contributed by atoms with Crippen molar-refractivity contribution in [2.45, 2.75) is 30.6 Å². The Labute approximate surface area is 140 Å². The Kier molecular flexibility index (Phi) is 4.10. The normalized spacial score (nSPS) is 17.1. The molecule has 0 spiro atoms. The first-order chi connectivity index (χ1) is 10.8. The molecule has 3 nitrogen and oxygen atoms in total. The van der Waals surface area contributed by atoms with Crippen molar-refractivity contribution in [3.63, 3.8) is 0 Å². The third kappa shape index (κ3) is 3.21. The van der Waals surface area contributed by atoms with Gasteiger partial charge in [-0.25, -0.2) is 12.8 Å². The number of fused-ring (bicyclic) bond motifs is 1. The van der Waals surface area contributed by atoms with Gasteiger partial charge in [0.1, 0.15) is 17.3 Å². The molecule has 1 aliphatic rings. The summed E-state index contributed by atoms with van der Waals surface area (Å²) in [6.45, 7) is 2.00. The first-order valence-electron chi connectivity index (χ1n) is 7.25. The first-order valence-corrected chi connectivity index (χ1v) is 9.52. The summed E-state index contributed by atoms with van der Waals surface area (Å²) in [6.07, 6.45) is 2.81. The molecule has 0 aromatic heterocycles. The fourth-order valence-corrected chi connectivity index (χ4v) is 4.31. The van der Waals surface area contributed by atoms with Crippen LogP contribution in [0.15, 0.2) is 35.2 Å². The molecule has 0 radical (unpaired) electrons. The molecule has 0 N–H and O–H groups in total. The van der Waals surface area contributed by atoms with Crippen molar-refractivity contribution in [1.82, 2.24) is 0 Å². The van der Waals surface area contributed by atoms with Crippen LogP contribution in [0.5, 0.6) is 11.5 Å². The summed E-state index contributed by atoms with van der Waals surface area (Å²) in [7, 11) is -3.30. The van der Waals surface area contributed by atoms with E-state index in [1.807, 2.05) is 6.92 Å². The summed E-state index contributed by atoms with van der Waals surface area (Å²) < 4.78 is 43.2. The van der Waals surface area contributed by atoms with Crippen LogP contribution in [-0.4, -0.2) is 14.7 Å². The van der Waals surface area contributed by atoms with E-state index in [2.05, 4.69) is 0 Å². The summed E-state index contributed by atoms with van der Waals surface area (Å²) in [5.41, 5.74) is 1.69. The van der Waals surface area contributed by atoms with Gasteiger partial charge in [-0.1, -0.05) is 18.5 Å². The molecular formula is C17H16ClFO3S. The Morgan fingerprint density at radius 3 is 2.65 bits per heavy atom. The van der Waals surface area contributed by atoms with E-state index in [9.17, 15) is 12.8 Å². The third-order valence-electron chi connectivity index (χ3n) is 4.06. The summed E-state index contributed by atoms with van der Waals surface area (Å²) in [5, 5.41) is 0.248. The summed E-state index contributed by atoms with van der Waals surface area (Å²) in [4.78, 5) is 0.349. The second kappa shape index (κ2) is 5.80. The van der Waals surface area contributed by atoms with Crippen molar-refractivity contribution in [3.8, 4) is 11.5 Å². The van der Waals surface area contributed by atoms with Gasteiger partial charge in [-0.05, 0) is 54.2 Å². The zero-order valence-electron chi connectivity index (χ0n) is 12.8. The zero-order valence-corrected chi connectivity index (χ0v) is 14.3. The number of hydrogen-bond donors (Lipinski definition) is 0. The second-order valence-electron chi connectivity index (χ2n) is 5.87. The van der Waals surface area contributed by atoms with E-state index in [0.29, 0.717) is 16.4 Å². The fourth-order valence-electron chi connectivity index (χ4n) is 3.06. The minimum Gasteiger partial charge on any atom is -0.457 e. The summed E-state index contributed by atoms with van der Waals surface area (Å²) in [5.74, 6) is 0.516. The van der Waals surface area contributed by atoms with Gasteiger partial charge in [-0.15, -0.1) is 0 Å². The molecule has 0 bridgehead atoms. The quantitative estimate of drug-likeness (QED) is 0.800. The molecule has 0 saturated heterocycles. The Bertz CT molecular complexity index is 857. The van der Waals surface area contributed by atoms with Gasteiger partial charge in [0.2, 0.25) is 0 Å². The van der Waals surface area contributed by atoms with Crippen molar-refractivity contribution < 1.29 is 17.5 Å². The van der Waals surface area contributed by atoms with E-state index in [-0.39, 0.29) is 10.9 Å². The molecule has 3 rings (SSSR count). The van der Waals surface area contributed by atoms with Gasteiger partial charge in [0.15, 0.2) is 9.84 Å². The van der Waals surface area contributed by atoms with Crippen molar-refractivity contribution in [2.24, 2.45) is 0 Å². The molecule has 1 aliphatic carbocycles. The van der Waals surface area contributed by atoms with Crippen LogP contribution in [0, 0.1) is 5.82 Å². The van der Waals surface area contributed by atoms with Crippen molar-refractivity contribution in [3.05, 3.63) is 52.3 Å². The lowest BCUT2D eigenvalue weighted by Gasteiger charge is -2.15.